The summed E-state index contributed by atoms with van der Waals surface area (Å²) in [5.41, 5.74) is 6.50. The topological polar surface area (TPSA) is 49.4 Å². The van der Waals surface area contributed by atoms with Gasteiger partial charge < -0.3 is 5.32 Å². The van der Waals surface area contributed by atoms with Gasteiger partial charge in [0.15, 0.2) is 0 Å². The first-order valence-electron chi connectivity index (χ1n) is 10.5. The molecule has 3 aromatic carbocycles. The molecule has 32 heavy (non-hydrogen) atoms. The average molecular weight is 429 g/mol. The van der Waals surface area contributed by atoms with Gasteiger partial charge in [-0.3, -0.25) is 14.5 Å². The number of amides is 2. The summed E-state index contributed by atoms with van der Waals surface area (Å²) < 4.78 is 14.3. The van der Waals surface area contributed by atoms with Gasteiger partial charge in [0.25, 0.3) is 11.8 Å². The highest BCUT2D eigenvalue weighted by atomic mass is 19.1. The van der Waals surface area contributed by atoms with Crippen molar-refractivity contribution in [3.8, 4) is 0 Å². The molecule has 0 unspecified atom stereocenters. The Labute approximate surface area is 187 Å². The van der Waals surface area contributed by atoms with Gasteiger partial charge in [-0.25, -0.2) is 4.39 Å². The molecule has 1 N–H and O–H groups in total. The van der Waals surface area contributed by atoms with Gasteiger partial charge in [-0.05, 0) is 73.7 Å². The van der Waals surface area contributed by atoms with Gasteiger partial charge in [0.05, 0.1) is 12.1 Å². The molecule has 0 saturated heterocycles. The summed E-state index contributed by atoms with van der Waals surface area (Å²) in [5.74, 6) is -1.35. The molecule has 1 heterocycles. The first-order valence-corrected chi connectivity index (χ1v) is 10.5. The zero-order valence-electron chi connectivity index (χ0n) is 18.6. The number of carbonyl (C=O) groups is 2. The maximum Gasteiger partial charge on any atom is 0.278 e. The van der Waals surface area contributed by atoms with E-state index in [2.05, 4.69) is 5.32 Å². The summed E-state index contributed by atoms with van der Waals surface area (Å²) in [4.78, 5) is 27.9. The van der Waals surface area contributed by atoms with E-state index in [1.807, 2.05) is 64.1 Å². The zero-order valence-corrected chi connectivity index (χ0v) is 18.6. The SMILES string of the molecule is Cc1ccc(NC2=C(c3ccc(C)c(C)c3)C(=O)N(Cc3ccccc3F)C2=O)cc1C. The molecule has 0 aromatic heterocycles. The normalized spacial score (nSPS) is 13.8. The molecule has 0 atom stereocenters. The lowest BCUT2D eigenvalue weighted by molar-refractivity contribution is -0.137. The maximum atomic E-state index is 14.3. The van der Waals surface area contributed by atoms with Crippen LogP contribution in [-0.4, -0.2) is 16.7 Å². The van der Waals surface area contributed by atoms with Gasteiger partial charge in [0, 0.05) is 11.3 Å². The lowest BCUT2D eigenvalue weighted by Crippen LogP contribution is -2.32. The Morgan fingerprint density at radius 3 is 2.09 bits per heavy atom. The van der Waals surface area contributed by atoms with E-state index in [4.69, 9.17) is 0 Å². The van der Waals surface area contributed by atoms with E-state index in [9.17, 15) is 14.0 Å². The molecule has 0 fully saturated rings. The second kappa shape index (κ2) is 8.42. The van der Waals surface area contributed by atoms with Crippen LogP contribution in [0.25, 0.3) is 5.57 Å². The Morgan fingerprint density at radius 2 is 1.44 bits per heavy atom. The summed E-state index contributed by atoms with van der Waals surface area (Å²) in [6.45, 7) is 7.84. The number of aryl methyl sites for hydroxylation is 4. The number of benzene rings is 3. The Morgan fingerprint density at radius 1 is 0.781 bits per heavy atom. The number of rotatable bonds is 5. The van der Waals surface area contributed by atoms with Crippen molar-refractivity contribution in [2.24, 2.45) is 0 Å². The van der Waals surface area contributed by atoms with Crippen molar-refractivity contribution in [3.05, 3.63) is 106 Å². The van der Waals surface area contributed by atoms with Crippen molar-refractivity contribution in [3.63, 3.8) is 0 Å². The molecule has 3 aromatic rings. The Bertz CT molecular complexity index is 1280. The molecule has 0 spiro atoms. The molecule has 1 aliphatic heterocycles. The van der Waals surface area contributed by atoms with Gasteiger partial charge in [-0.2, -0.15) is 0 Å². The third-order valence-electron chi connectivity index (χ3n) is 6.03. The smallest absolute Gasteiger partial charge is 0.278 e. The van der Waals surface area contributed by atoms with Crippen LogP contribution in [0.4, 0.5) is 10.1 Å². The van der Waals surface area contributed by atoms with E-state index < -0.39 is 17.6 Å². The number of nitrogens with one attached hydrogen (secondary N) is 1. The first-order chi connectivity index (χ1) is 15.3. The second-order valence-corrected chi connectivity index (χ2v) is 8.26. The van der Waals surface area contributed by atoms with Crippen LogP contribution < -0.4 is 5.32 Å². The second-order valence-electron chi connectivity index (χ2n) is 8.26. The third-order valence-corrected chi connectivity index (χ3v) is 6.03. The van der Waals surface area contributed by atoms with E-state index >= 15 is 0 Å². The van der Waals surface area contributed by atoms with Crippen LogP contribution in [0.3, 0.4) is 0 Å². The fourth-order valence-electron chi connectivity index (χ4n) is 3.76. The molecule has 4 nitrogen and oxygen atoms in total. The standard InChI is InChI=1S/C27H25FN2O2/c1-16-9-11-20(13-18(16)3)24-25(29-22-12-10-17(2)19(4)14-22)27(32)30(26(24)31)15-21-7-5-6-8-23(21)28/h5-14,29H,15H2,1-4H3. The van der Waals surface area contributed by atoms with Crippen LogP contribution in [-0.2, 0) is 16.1 Å². The molecule has 0 aliphatic carbocycles. The van der Waals surface area contributed by atoms with Crippen molar-refractivity contribution in [2.45, 2.75) is 34.2 Å². The fraction of sp³-hybridized carbons (Fsp3) is 0.185. The average Bonchev–Trinajstić information content (AvgIpc) is 2.98. The number of nitrogens with zero attached hydrogens (tertiary/aromatic N) is 1. The van der Waals surface area contributed by atoms with Gasteiger partial charge in [0.2, 0.25) is 0 Å². The Hall–Kier alpha value is -3.73. The van der Waals surface area contributed by atoms with Crippen LogP contribution >= 0.6 is 0 Å². The zero-order chi connectivity index (χ0) is 23.0. The lowest BCUT2D eigenvalue weighted by Gasteiger charge is -2.16. The number of hydrogen-bond donors (Lipinski definition) is 1. The molecule has 2 amide bonds. The van der Waals surface area contributed by atoms with Crippen LogP contribution in [0.5, 0.6) is 0 Å². The maximum absolute atomic E-state index is 14.3. The molecular weight excluding hydrogens is 403 g/mol. The molecule has 5 heteroatoms. The molecule has 0 radical (unpaired) electrons. The van der Waals surface area contributed by atoms with E-state index in [1.54, 1.807) is 18.2 Å². The Kier molecular flexibility index (Phi) is 5.66. The quantitative estimate of drug-likeness (QED) is 0.550. The van der Waals surface area contributed by atoms with Crippen LogP contribution in [0, 0.1) is 33.5 Å². The summed E-state index contributed by atoms with van der Waals surface area (Å²) >= 11 is 0. The summed E-state index contributed by atoms with van der Waals surface area (Å²) in [6.07, 6.45) is 0. The minimum absolute atomic E-state index is 0.128. The number of halogens is 1. The van der Waals surface area contributed by atoms with Crippen LogP contribution in [0.15, 0.2) is 66.4 Å². The monoisotopic (exact) mass is 428 g/mol. The molecule has 0 saturated carbocycles. The Balaban J connectivity index is 1.79. The molecule has 1 aliphatic rings. The summed E-state index contributed by atoms with van der Waals surface area (Å²) in [5, 5.41) is 3.18. The van der Waals surface area contributed by atoms with Crippen molar-refractivity contribution in [1.29, 1.82) is 0 Å². The van der Waals surface area contributed by atoms with Gasteiger partial charge >= 0.3 is 0 Å². The largest absolute Gasteiger partial charge is 0.350 e. The van der Waals surface area contributed by atoms with E-state index in [-0.39, 0.29) is 12.2 Å². The molecule has 0 bridgehead atoms. The van der Waals surface area contributed by atoms with Gasteiger partial charge in [0.1, 0.15) is 11.5 Å². The van der Waals surface area contributed by atoms with Crippen LogP contribution in [0.2, 0.25) is 0 Å². The minimum Gasteiger partial charge on any atom is -0.350 e. The van der Waals surface area contributed by atoms with Crippen LogP contribution in [0.1, 0.15) is 33.4 Å². The highest BCUT2D eigenvalue weighted by molar-refractivity contribution is 6.36. The van der Waals surface area contributed by atoms with Crippen molar-refractivity contribution < 1.29 is 14.0 Å². The highest BCUT2D eigenvalue weighted by Crippen LogP contribution is 2.33. The number of anilines is 1. The highest BCUT2D eigenvalue weighted by Gasteiger charge is 2.39. The number of imide groups is 1. The lowest BCUT2D eigenvalue weighted by atomic mass is 9.99. The molecule has 4 rings (SSSR count). The molecule has 162 valence electrons. The van der Waals surface area contributed by atoms with E-state index in [0.717, 1.165) is 32.8 Å². The first kappa shape index (κ1) is 21.5. The predicted molar refractivity (Wildman–Crippen MR) is 124 cm³/mol. The van der Waals surface area contributed by atoms with E-state index in [0.29, 0.717) is 16.7 Å². The fourth-order valence-corrected chi connectivity index (χ4v) is 3.76. The number of carbonyl (C=O) groups excluding carboxylic acids is 2. The van der Waals surface area contributed by atoms with E-state index in [1.165, 1.54) is 6.07 Å². The van der Waals surface area contributed by atoms with Crippen molar-refractivity contribution in [1.82, 2.24) is 4.90 Å². The van der Waals surface area contributed by atoms with Gasteiger partial charge in [-0.15, -0.1) is 0 Å². The minimum atomic E-state index is -0.468. The van der Waals surface area contributed by atoms with Crippen molar-refractivity contribution in [2.75, 3.05) is 5.32 Å². The summed E-state index contributed by atoms with van der Waals surface area (Å²) in [6, 6.07) is 17.7. The summed E-state index contributed by atoms with van der Waals surface area (Å²) in [7, 11) is 0. The third kappa shape index (κ3) is 3.94. The van der Waals surface area contributed by atoms with Crippen molar-refractivity contribution >= 4 is 23.1 Å². The number of hydrogen-bond acceptors (Lipinski definition) is 3. The molecular formula is C27H25FN2O2. The predicted octanol–water partition coefficient (Wildman–Crippen LogP) is 5.45. The van der Waals surface area contributed by atoms with Gasteiger partial charge in [-0.1, -0.05) is 42.5 Å².